The Labute approximate surface area is 129 Å². The summed E-state index contributed by atoms with van der Waals surface area (Å²) in [6.07, 6.45) is 0. The Hall–Kier alpha value is -0.920. The molecule has 1 aromatic carbocycles. The van der Waals surface area contributed by atoms with Gasteiger partial charge in [0, 0.05) is 24.7 Å². The van der Waals surface area contributed by atoms with E-state index in [0.29, 0.717) is 5.96 Å². The van der Waals surface area contributed by atoms with Crippen LogP contribution in [0.15, 0.2) is 23.2 Å². The molecule has 0 saturated carbocycles. The van der Waals surface area contributed by atoms with E-state index in [1.807, 2.05) is 20.8 Å². The Kier molecular flexibility index (Phi) is 7.25. The lowest BCUT2D eigenvalue weighted by Crippen LogP contribution is -2.47. The van der Waals surface area contributed by atoms with Gasteiger partial charge in [-0.2, -0.15) is 0 Å². The predicted octanol–water partition coefficient (Wildman–Crippen LogP) is 3.05. The zero-order valence-electron chi connectivity index (χ0n) is 11.6. The van der Waals surface area contributed by atoms with Gasteiger partial charge in [-0.1, -0.05) is 0 Å². The summed E-state index contributed by atoms with van der Waals surface area (Å²) in [5.41, 5.74) is 0.120. The molecule has 0 spiro atoms. The zero-order valence-corrected chi connectivity index (χ0v) is 13.9. The fourth-order valence-corrected chi connectivity index (χ4v) is 1.39. The molecule has 0 bridgehead atoms. The highest BCUT2D eigenvalue weighted by atomic mass is 127. The van der Waals surface area contributed by atoms with Crippen LogP contribution in [0.1, 0.15) is 26.3 Å². The zero-order chi connectivity index (χ0) is 13.8. The van der Waals surface area contributed by atoms with Crippen molar-refractivity contribution in [3.8, 4) is 0 Å². The highest BCUT2D eigenvalue weighted by Crippen LogP contribution is 2.09. The number of guanidine groups is 1. The van der Waals surface area contributed by atoms with E-state index in [0.717, 1.165) is 12.1 Å². The summed E-state index contributed by atoms with van der Waals surface area (Å²) in [5, 5.41) is 6.08. The molecule has 0 atom stereocenters. The minimum Gasteiger partial charge on any atom is -0.352 e. The van der Waals surface area contributed by atoms with Crippen molar-refractivity contribution in [2.24, 2.45) is 4.99 Å². The number of halogens is 3. The molecule has 1 aromatic rings. The van der Waals surface area contributed by atoms with Crippen molar-refractivity contribution in [3.05, 3.63) is 35.4 Å². The normalized spacial score (nSPS) is 11.8. The lowest BCUT2D eigenvalue weighted by atomic mass is 10.1. The monoisotopic (exact) mass is 383 g/mol. The van der Waals surface area contributed by atoms with E-state index >= 15 is 0 Å². The SMILES string of the molecule is CN=C(NCc1cc(F)ccc1F)NC(C)(C)C.I. The van der Waals surface area contributed by atoms with Gasteiger partial charge >= 0.3 is 0 Å². The number of aliphatic imine (C=N–C) groups is 1. The van der Waals surface area contributed by atoms with Crippen molar-refractivity contribution in [3.63, 3.8) is 0 Å². The van der Waals surface area contributed by atoms with E-state index in [9.17, 15) is 8.78 Å². The molecule has 0 saturated heterocycles. The minimum absolute atomic E-state index is 0. The van der Waals surface area contributed by atoms with Gasteiger partial charge in [-0.3, -0.25) is 4.99 Å². The van der Waals surface area contributed by atoms with Crippen LogP contribution >= 0.6 is 24.0 Å². The molecule has 0 aliphatic heterocycles. The summed E-state index contributed by atoms with van der Waals surface area (Å²) >= 11 is 0. The molecule has 0 amide bonds. The fraction of sp³-hybridized carbons (Fsp3) is 0.462. The van der Waals surface area contributed by atoms with Gasteiger partial charge in [0.1, 0.15) is 11.6 Å². The molecule has 0 aliphatic carbocycles. The average Bonchev–Trinajstić information content (AvgIpc) is 2.27. The number of hydrogen-bond acceptors (Lipinski definition) is 1. The molecular formula is C13H20F2IN3. The van der Waals surface area contributed by atoms with E-state index in [-0.39, 0.29) is 41.6 Å². The Morgan fingerprint density at radius 2 is 1.89 bits per heavy atom. The van der Waals surface area contributed by atoms with Gasteiger partial charge in [0.25, 0.3) is 0 Å². The average molecular weight is 383 g/mol. The number of benzene rings is 1. The molecule has 0 unspecified atom stereocenters. The van der Waals surface area contributed by atoms with Crippen LogP contribution in [-0.2, 0) is 6.54 Å². The van der Waals surface area contributed by atoms with Crippen LogP contribution in [0, 0.1) is 11.6 Å². The molecule has 19 heavy (non-hydrogen) atoms. The summed E-state index contributed by atoms with van der Waals surface area (Å²) < 4.78 is 26.4. The topological polar surface area (TPSA) is 36.4 Å². The predicted molar refractivity (Wildman–Crippen MR) is 84.9 cm³/mol. The molecule has 0 radical (unpaired) electrons. The first-order valence-corrected chi connectivity index (χ1v) is 5.74. The van der Waals surface area contributed by atoms with E-state index in [1.54, 1.807) is 7.05 Å². The van der Waals surface area contributed by atoms with E-state index < -0.39 is 11.6 Å². The highest BCUT2D eigenvalue weighted by Gasteiger charge is 2.12. The molecule has 0 fully saturated rings. The molecule has 6 heteroatoms. The Balaban J connectivity index is 0.00000324. The summed E-state index contributed by atoms with van der Waals surface area (Å²) in [6, 6.07) is 3.39. The van der Waals surface area contributed by atoms with Crippen molar-refractivity contribution in [2.75, 3.05) is 7.05 Å². The van der Waals surface area contributed by atoms with Crippen molar-refractivity contribution in [2.45, 2.75) is 32.9 Å². The first kappa shape index (κ1) is 18.1. The van der Waals surface area contributed by atoms with Gasteiger partial charge in [-0.15, -0.1) is 24.0 Å². The van der Waals surface area contributed by atoms with E-state index in [1.165, 1.54) is 6.07 Å². The van der Waals surface area contributed by atoms with Gasteiger partial charge in [-0.05, 0) is 39.0 Å². The van der Waals surface area contributed by atoms with E-state index in [2.05, 4.69) is 15.6 Å². The van der Waals surface area contributed by atoms with Crippen molar-refractivity contribution in [1.29, 1.82) is 0 Å². The lowest BCUT2D eigenvalue weighted by molar-refractivity contribution is 0.500. The van der Waals surface area contributed by atoms with Gasteiger partial charge in [-0.25, -0.2) is 8.78 Å². The molecule has 1 rings (SSSR count). The second kappa shape index (κ2) is 7.62. The van der Waals surface area contributed by atoms with Gasteiger partial charge in [0.15, 0.2) is 5.96 Å². The van der Waals surface area contributed by atoms with Gasteiger partial charge in [0.05, 0.1) is 0 Å². The van der Waals surface area contributed by atoms with E-state index in [4.69, 9.17) is 0 Å². The fourth-order valence-electron chi connectivity index (χ4n) is 1.39. The molecule has 108 valence electrons. The first-order valence-electron chi connectivity index (χ1n) is 5.74. The van der Waals surface area contributed by atoms with Crippen LogP contribution in [0.4, 0.5) is 8.78 Å². The number of nitrogens with zero attached hydrogens (tertiary/aromatic N) is 1. The largest absolute Gasteiger partial charge is 0.352 e. The third-order valence-electron chi connectivity index (χ3n) is 2.17. The maximum atomic E-state index is 13.4. The standard InChI is InChI=1S/C13H19F2N3.HI/c1-13(2,3)18-12(16-4)17-8-9-7-10(14)5-6-11(9)15;/h5-7H,8H2,1-4H3,(H2,16,17,18);1H. The summed E-state index contributed by atoms with van der Waals surface area (Å²) in [7, 11) is 1.63. The minimum atomic E-state index is -0.452. The summed E-state index contributed by atoms with van der Waals surface area (Å²) in [5.74, 6) is -0.340. The van der Waals surface area contributed by atoms with Crippen LogP contribution in [0.5, 0.6) is 0 Å². The van der Waals surface area contributed by atoms with Crippen LogP contribution in [0.25, 0.3) is 0 Å². The second-order valence-electron chi connectivity index (χ2n) is 5.04. The summed E-state index contributed by atoms with van der Waals surface area (Å²) in [6.45, 7) is 6.15. The van der Waals surface area contributed by atoms with Gasteiger partial charge in [0.2, 0.25) is 0 Å². The third-order valence-corrected chi connectivity index (χ3v) is 2.17. The van der Waals surface area contributed by atoms with Crippen molar-refractivity contribution in [1.82, 2.24) is 10.6 Å². The molecule has 0 heterocycles. The Morgan fingerprint density at radius 1 is 1.26 bits per heavy atom. The summed E-state index contributed by atoms with van der Waals surface area (Å²) in [4.78, 5) is 4.02. The van der Waals surface area contributed by atoms with Crippen LogP contribution < -0.4 is 10.6 Å². The smallest absolute Gasteiger partial charge is 0.191 e. The molecule has 0 aliphatic rings. The number of nitrogens with one attached hydrogen (secondary N) is 2. The number of hydrogen-bond donors (Lipinski definition) is 2. The van der Waals surface area contributed by atoms with Crippen molar-refractivity contribution >= 4 is 29.9 Å². The molecule has 3 nitrogen and oxygen atoms in total. The highest BCUT2D eigenvalue weighted by molar-refractivity contribution is 14.0. The molecular weight excluding hydrogens is 363 g/mol. The maximum Gasteiger partial charge on any atom is 0.191 e. The van der Waals surface area contributed by atoms with Crippen LogP contribution in [0.2, 0.25) is 0 Å². The van der Waals surface area contributed by atoms with Crippen LogP contribution in [0.3, 0.4) is 0 Å². The number of rotatable bonds is 2. The van der Waals surface area contributed by atoms with Crippen molar-refractivity contribution < 1.29 is 8.78 Å². The third kappa shape index (κ3) is 6.70. The molecule has 2 N–H and O–H groups in total. The lowest BCUT2D eigenvalue weighted by Gasteiger charge is -2.23. The Morgan fingerprint density at radius 3 is 2.42 bits per heavy atom. The molecule has 0 aromatic heterocycles. The second-order valence-corrected chi connectivity index (χ2v) is 5.04. The first-order chi connectivity index (χ1) is 8.31. The Bertz CT molecular complexity index is 442. The maximum absolute atomic E-state index is 13.4. The quantitative estimate of drug-likeness (QED) is 0.468. The van der Waals surface area contributed by atoms with Crippen LogP contribution in [-0.4, -0.2) is 18.5 Å². The van der Waals surface area contributed by atoms with Gasteiger partial charge < -0.3 is 10.6 Å².